The highest BCUT2D eigenvalue weighted by molar-refractivity contribution is 6.03. The van der Waals surface area contributed by atoms with E-state index in [0.717, 1.165) is 11.3 Å². The van der Waals surface area contributed by atoms with Crippen molar-refractivity contribution in [1.82, 2.24) is 0 Å². The second-order valence-electron chi connectivity index (χ2n) is 5.08. The number of benzene rings is 2. The van der Waals surface area contributed by atoms with Crippen LogP contribution >= 0.6 is 0 Å². The molecule has 2 amide bonds. The third-order valence-electron chi connectivity index (χ3n) is 3.33. The first kappa shape index (κ1) is 17.3. The zero-order valence-electron chi connectivity index (χ0n) is 13.5. The van der Waals surface area contributed by atoms with Gasteiger partial charge in [-0.1, -0.05) is 30.3 Å². The topological polar surface area (TPSA) is 72.6 Å². The van der Waals surface area contributed by atoms with Crippen LogP contribution in [-0.4, -0.2) is 25.0 Å². The number of hydrogen-bond acceptors (Lipinski definition) is 3. The average Bonchev–Trinajstić information content (AvgIpc) is 2.60. The van der Waals surface area contributed by atoms with E-state index in [4.69, 9.17) is 10.5 Å². The molecule has 5 heteroatoms. The lowest BCUT2D eigenvalue weighted by Crippen LogP contribution is -2.28. The number of nitrogens with zero attached hydrogens (tertiary/aromatic N) is 1. The molecule has 0 heterocycles. The van der Waals surface area contributed by atoms with Gasteiger partial charge in [-0.2, -0.15) is 0 Å². The summed E-state index contributed by atoms with van der Waals surface area (Å²) in [4.78, 5) is 24.7. The minimum atomic E-state index is -0.523. The molecule has 0 spiro atoms. The number of rotatable bonds is 7. The van der Waals surface area contributed by atoms with Gasteiger partial charge in [0.2, 0.25) is 0 Å². The number of anilines is 1. The number of primary amides is 1. The second-order valence-corrected chi connectivity index (χ2v) is 5.08. The molecule has 0 aliphatic carbocycles. The largest absolute Gasteiger partial charge is 0.484 e. The summed E-state index contributed by atoms with van der Waals surface area (Å²) in [6.45, 7) is 2.37. The number of nitrogens with two attached hydrogens (primary N) is 1. The van der Waals surface area contributed by atoms with Crippen LogP contribution in [0.25, 0.3) is 6.08 Å². The van der Waals surface area contributed by atoms with E-state index in [-0.39, 0.29) is 12.5 Å². The number of ether oxygens (including phenoxy) is 1. The fourth-order valence-electron chi connectivity index (χ4n) is 2.16. The highest BCUT2D eigenvalue weighted by Crippen LogP contribution is 2.15. The van der Waals surface area contributed by atoms with E-state index in [0.29, 0.717) is 12.3 Å². The zero-order chi connectivity index (χ0) is 17.4. The quantitative estimate of drug-likeness (QED) is 0.796. The third kappa shape index (κ3) is 4.98. The van der Waals surface area contributed by atoms with Gasteiger partial charge in [0, 0.05) is 18.3 Å². The first-order chi connectivity index (χ1) is 11.6. The van der Waals surface area contributed by atoms with Crippen LogP contribution in [0.3, 0.4) is 0 Å². The SMILES string of the molecule is CCN(C(=O)/C=C/c1ccc(OCC(N)=O)cc1)c1ccccc1. The molecule has 0 aliphatic rings. The lowest BCUT2D eigenvalue weighted by Gasteiger charge is -2.19. The molecule has 0 aromatic heterocycles. The van der Waals surface area contributed by atoms with Gasteiger partial charge in [-0.3, -0.25) is 9.59 Å². The lowest BCUT2D eigenvalue weighted by atomic mass is 10.2. The summed E-state index contributed by atoms with van der Waals surface area (Å²) >= 11 is 0. The van der Waals surface area contributed by atoms with E-state index in [1.165, 1.54) is 6.08 Å². The van der Waals surface area contributed by atoms with E-state index < -0.39 is 5.91 Å². The summed E-state index contributed by atoms with van der Waals surface area (Å²) in [6.07, 6.45) is 3.28. The van der Waals surface area contributed by atoms with Crippen LogP contribution in [0.1, 0.15) is 12.5 Å². The zero-order valence-corrected chi connectivity index (χ0v) is 13.5. The number of carbonyl (C=O) groups excluding carboxylic acids is 2. The average molecular weight is 324 g/mol. The minimum absolute atomic E-state index is 0.0854. The highest BCUT2D eigenvalue weighted by atomic mass is 16.5. The highest BCUT2D eigenvalue weighted by Gasteiger charge is 2.09. The fourth-order valence-corrected chi connectivity index (χ4v) is 2.16. The van der Waals surface area contributed by atoms with Crippen LogP contribution < -0.4 is 15.4 Å². The Hall–Kier alpha value is -3.08. The van der Waals surface area contributed by atoms with Crippen LogP contribution in [0.15, 0.2) is 60.7 Å². The number of hydrogen-bond donors (Lipinski definition) is 1. The van der Waals surface area contributed by atoms with Crippen molar-refractivity contribution in [2.75, 3.05) is 18.1 Å². The van der Waals surface area contributed by atoms with Gasteiger partial charge in [-0.15, -0.1) is 0 Å². The van der Waals surface area contributed by atoms with Crippen molar-refractivity contribution in [3.05, 3.63) is 66.2 Å². The summed E-state index contributed by atoms with van der Waals surface area (Å²) in [5.74, 6) is -0.0559. The van der Waals surface area contributed by atoms with Crippen molar-refractivity contribution in [2.45, 2.75) is 6.92 Å². The van der Waals surface area contributed by atoms with Gasteiger partial charge in [0.1, 0.15) is 5.75 Å². The number of para-hydroxylation sites is 1. The maximum atomic E-state index is 12.4. The molecule has 0 bridgehead atoms. The van der Waals surface area contributed by atoms with E-state index >= 15 is 0 Å². The van der Waals surface area contributed by atoms with E-state index in [2.05, 4.69) is 0 Å². The predicted octanol–water partition coefficient (Wildman–Crippen LogP) is 2.62. The Morgan fingerprint density at radius 3 is 2.33 bits per heavy atom. The molecule has 2 aromatic rings. The summed E-state index contributed by atoms with van der Waals surface area (Å²) in [7, 11) is 0. The Morgan fingerprint density at radius 1 is 1.08 bits per heavy atom. The van der Waals surface area contributed by atoms with Crippen LogP contribution in [-0.2, 0) is 9.59 Å². The standard InChI is InChI=1S/C19H20N2O3/c1-2-21(16-6-4-3-5-7-16)19(23)13-10-15-8-11-17(12-9-15)24-14-18(20)22/h3-13H,2,14H2,1H3,(H2,20,22)/b13-10+. The molecule has 0 atom stereocenters. The van der Waals surface area contributed by atoms with Gasteiger partial charge >= 0.3 is 0 Å². The molecule has 0 radical (unpaired) electrons. The van der Waals surface area contributed by atoms with Crippen LogP contribution in [0.5, 0.6) is 5.75 Å². The predicted molar refractivity (Wildman–Crippen MR) is 94.6 cm³/mol. The van der Waals surface area contributed by atoms with E-state index in [1.807, 2.05) is 37.3 Å². The minimum Gasteiger partial charge on any atom is -0.484 e. The molecular formula is C19H20N2O3. The number of carbonyl (C=O) groups is 2. The smallest absolute Gasteiger partial charge is 0.255 e. The first-order valence-corrected chi connectivity index (χ1v) is 7.66. The van der Waals surface area contributed by atoms with Crippen molar-refractivity contribution in [2.24, 2.45) is 5.73 Å². The lowest BCUT2D eigenvalue weighted by molar-refractivity contribution is -0.120. The number of likely N-dealkylation sites (N-methyl/N-ethyl adjacent to an activating group) is 1. The Labute approximate surface area is 141 Å². The molecule has 5 nitrogen and oxygen atoms in total. The van der Waals surface area contributed by atoms with Crippen LogP contribution in [0, 0.1) is 0 Å². The van der Waals surface area contributed by atoms with Gasteiger partial charge in [0.25, 0.3) is 11.8 Å². The monoisotopic (exact) mass is 324 g/mol. The second kappa shape index (κ2) is 8.53. The van der Waals surface area contributed by atoms with Gasteiger partial charge in [0.15, 0.2) is 6.61 Å². The molecule has 0 fully saturated rings. The maximum Gasteiger partial charge on any atom is 0.255 e. The van der Waals surface area contributed by atoms with Gasteiger partial charge in [0.05, 0.1) is 0 Å². The molecule has 2 aromatic carbocycles. The molecule has 2 N–H and O–H groups in total. The fraction of sp³-hybridized carbons (Fsp3) is 0.158. The van der Waals surface area contributed by atoms with Gasteiger partial charge in [-0.25, -0.2) is 0 Å². The molecule has 0 saturated carbocycles. The molecule has 0 unspecified atom stereocenters. The molecular weight excluding hydrogens is 304 g/mol. The molecule has 124 valence electrons. The van der Waals surface area contributed by atoms with Crippen molar-refractivity contribution >= 4 is 23.6 Å². The Kier molecular flexibility index (Phi) is 6.14. The Morgan fingerprint density at radius 2 is 1.75 bits per heavy atom. The van der Waals surface area contributed by atoms with Crippen molar-refractivity contribution in [3.63, 3.8) is 0 Å². The number of amides is 2. The van der Waals surface area contributed by atoms with Gasteiger partial charge in [-0.05, 0) is 42.8 Å². The first-order valence-electron chi connectivity index (χ1n) is 7.66. The normalized spacial score (nSPS) is 10.5. The third-order valence-corrected chi connectivity index (χ3v) is 3.33. The summed E-state index contributed by atoms with van der Waals surface area (Å²) < 4.78 is 5.19. The van der Waals surface area contributed by atoms with Crippen LogP contribution in [0.4, 0.5) is 5.69 Å². The maximum absolute atomic E-state index is 12.4. The molecule has 0 saturated heterocycles. The van der Waals surface area contributed by atoms with E-state index in [1.54, 1.807) is 35.2 Å². The summed E-state index contributed by atoms with van der Waals surface area (Å²) in [6, 6.07) is 16.6. The van der Waals surface area contributed by atoms with Gasteiger partial charge < -0.3 is 15.4 Å². The molecule has 24 heavy (non-hydrogen) atoms. The molecule has 2 rings (SSSR count). The Bertz CT molecular complexity index is 709. The Balaban J connectivity index is 2.01. The van der Waals surface area contributed by atoms with E-state index in [9.17, 15) is 9.59 Å². The molecule has 0 aliphatic heterocycles. The van der Waals surface area contributed by atoms with Crippen LogP contribution in [0.2, 0.25) is 0 Å². The summed E-state index contributed by atoms with van der Waals surface area (Å²) in [5, 5.41) is 0. The summed E-state index contributed by atoms with van der Waals surface area (Å²) in [5.41, 5.74) is 6.75. The van der Waals surface area contributed by atoms with Crippen molar-refractivity contribution < 1.29 is 14.3 Å². The van der Waals surface area contributed by atoms with Crippen molar-refractivity contribution in [1.29, 1.82) is 0 Å². The van der Waals surface area contributed by atoms with Crippen molar-refractivity contribution in [3.8, 4) is 5.75 Å².